The van der Waals surface area contributed by atoms with Gasteiger partial charge >= 0.3 is 0 Å². The van der Waals surface area contributed by atoms with Crippen molar-refractivity contribution in [2.45, 2.75) is 31.8 Å². The summed E-state index contributed by atoms with van der Waals surface area (Å²) in [6, 6.07) is 1.78. The van der Waals surface area contributed by atoms with Crippen LogP contribution >= 0.6 is 0 Å². The molecule has 2 N–H and O–H groups in total. The lowest BCUT2D eigenvalue weighted by Crippen LogP contribution is -2.52. The highest BCUT2D eigenvalue weighted by atomic mass is 16.3. The Morgan fingerprint density at radius 1 is 1.48 bits per heavy atom. The van der Waals surface area contributed by atoms with Crippen LogP contribution in [0.2, 0.25) is 0 Å². The minimum absolute atomic E-state index is 0.0132. The number of amides is 2. The lowest BCUT2D eigenvalue weighted by atomic mass is 9.89. The first-order valence-electron chi connectivity index (χ1n) is 7.07. The van der Waals surface area contributed by atoms with Crippen LogP contribution in [0, 0.1) is 6.92 Å². The van der Waals surface area contributed by atoms with Crippen molar-refractivity contribution in [2.24, 2.45) is 0 Å². The summed E-state index contributed by atoms with van der Waals surface area (Å²) in [5.41, 5.74) is 0.281. The predicted molar refractivity (Wildman–Crippen MR) is 77.7 cm³/mol. The summed E-state index contributed by atoms with van der Waals surface area (Å²) in [6.45, 7) is 2.64. The smallest absolute Gasteiger partial charge is 0.255 e. The Hall–Kier alpha value is -1.95. The van der Waals surface area contributed by atoms with Crippen molar-refractivity contribution in [2.75, 3.05) is 20.1 Å². The van der Waals surface area contributed by atoms with Gasteiger partial charge in [0.15, 0.2) is 0 Å². The van der Waals surface area contributed by atoms with Crippen LogP contribution in [-0.2, 0) is 4.79 Å². The second-order valence-electron chi connectivity index (χ2n) is 5.66. The molecule has 1 saturated heterocycles. The zero-order valence-corrected chi connectivity index (χ0v) is 12.4. The molecule has 1 aliphatic rings. The van der Waals surface area contributed by atoms with E-state index in [-0.39, 0.29) is 24.8 Å². The summed E-state index contributed by atoms with van der Waals surface area (Å²) in [5, 5.41) is 13.0. The average molecular weight is 291 g/mol. The number of nitrogens with one attached hydrogen (secondary N) is 1. The molecule has 2 heterocycles. The van der Waals surface area contributed by atoms with Crippen LogP contribution in [0.3, 0.4) is 0 Å². The molecule has 0 aliphatic carbocycles. The molecule has 0 aromatic carbocycles. The molecule has 1 aromatic rings. The third-order valence-electron chi connectivity index (χ3n) is 3.73. The van der Waals surface area contributed by atoms with Crippen LogP contribution in [0.4, 0.5) is 0 Å². The Balaban J connectivity index is 2.10. The maximum Gasteiger partial charge on any atom is 0.255 e. The fourth-order valence-electron chi connectivity index (χ4n) is 2.67. The first-order chi connectivity index (χ1) is 9.93. The number of aromatic nitrogens is 1. The molecule has 114 valence electrons. The molecule has 0 spiro atoms. The Labute approximate surface area is 124 Å². The van der Waals surface area contributed by atoms with Gasteiger partial charge in [-0.3, -0.25) is 14.6 Å². The molecular formula is C15H21N3O3. The van der Waals surface area contributed by atoms with E-state index in [0.29, 0.717) is 24.9 Å². The summed E-state index contributed by atoms with van der Waals surface area (Å²) in [5.74, 6) is -0.370. The number of carbonyl (C=O) groups is 2. The number of pyridine rings is 1. The molecule has 2 amide bonds. The lowest BCUT2D eigenvalue weighted by molar-refractivity contribution is -0.127. The van der Waals surface area contributed by atoms with E-state index in [1.54, 1.807) is 17.2 Å². The normalized spacial score (nSPS) is 22.0. The zero-order valence-electron chi connectivity index (χ0n) is 12.4. The van der Waals surface area contributed by atoms with Crippen molar-refractivity contribution in [1.82, 2.24) is 15.2 Å². The maximum atomic E-state index is 12.5. The number of β-amino-alcohol motifs (C(OH)–C–C–N with tert-alkyl or cyclic N) is 1. The van der Waals surface area contributed by atoms with Gasteiger partial charge in [0.2, 0.25) is 5.91 Å². The number of rotatable bonds is 3. The van der Waals surface area contributed by atoms with Gasteiger partial charge in [-0.15, -0.1) is 0 Å². The second kappa shape index (κ2) is 6.22. The van der Waals surface area contributed by atoms with Crippen molar-refractivity contribution in [3.05, 3.63) is 29.6 Å². The Bertz CT molecular complexity index is 547. The molecule has 1 aliphatic heterocycles. The highest BCUT2D eigenvalue weighted by Crippen LogP contribution is 2.25. The molecule has 0 radical (unpaired) electrons. The molecule has 1 atom stereocenters. The molecule has 21 heavy (non-hydrogen) atoms. The number of piperidine rings is 1. The van der Waals surface area contributed by atoms with Gasteiger partial charge in [-0.05, 0) is 31.4 Å². The first kappa shape index (κ1) is 15.4. The molecule has 2 rings (SSSR count). The van der Waals surface area contributed by atoms with Gasteiger partial charge in [-0.1, -0.05) is 0 Å². The minimum atomic E-state index is -1.15. The van der Waals surface area contributed by atoms with Crippen LogP contribution in [0.5, 0.6) is 0 Å². The van der Waals surface area contributed by atoms with E-state index in [9.17, 15) is 14.7 Å². The summed E-state index contributed by atoms with van der Waals surface area (Å²) in [6.07, 6.45) is 4.44. The molecule has 6 heteroatoms. The monoisotopic (exact) mass is 291 g/mol. The molecule has 1 fully saturated rings. The van der Waals surface area contributed by atoms with E-state index in [4.69, 9.17) is 0 Å². The van der Waals surface area contributed by atoms with Crippen LogP contribution in [0.25, 0.3) is 0 Å². The predicted octanol–water partition coefficient (Wildman–Crippen LogP) is 0.493. The molecule has 1 aromatic heterocycles. The third kappa shape index (κ3) is 3.78. The van der Waals surface area contributed by atoms with Gasteiger partial charge in [0, 0.05) is 26.0 Å². The fourth-order valence-corrected chi connectivity index (χ4v) is 2.67. The van der Waals surface area contributed by atoms with Gasteiger partial charge < -0.3 is 15.3 Å². The standard InChI is InChI=1S/C15H21N3O3/c1-11-6-12(9-17-8-11)14(20)18-5-3-4-15(21,10-18)7-13(19)16-2/h6,8-9,21H,3-5,7,10H2,1-2H3,(H,16,19). The number of likely N-dealkylation sites (tertiary alicyclic amines) is 1. The van der Waals surface area contributed by atoms with E-state index in [0.717, 1.165) is 5.56 Å². The maximum absolute atomic E-state index is 12.5. The number of carbonyl (C=O) groups excluding carboxylic acids is 2. The first-order valence-corrected chi connectivity index (χ1v) is 7.07. The van der Waals surface area contributed by atoms with E-state index >= 15 is 0 Å². The Morgan fingerprint density at radius 3 is 2.90 bits per heavy atom. The Morgan fingerprint density at radius 2 is 2.24 bits per heavy atom. The average Bonchev–Trinajstić information content (AvgIpc) is 2.46. The van der Waals surface area contributed by atoms with E-state index in [1.165, 1.54) is 13.2 Å². The number of hydrogen-bond donors (Lipinski definition) is 2. The van der Waals surface area contributed by atoms with Crippen molar-refractivity contribution < 1.29 is 14.7 Å². The van der Waals surface area contributed by atoms with E-state index < -0.39 is 5.60 Å². The van der Waals surface area contributed by atoms with Gasteiger partial charge in [0.05, 0.1) is 24.1 Å². The van der Waals surface area contributed by atoms with Gasteiger partial charge in [0.1, 0.15) is 0 Å². The molecule has 1 unspecified atom stereocenters. The molecule has 0 saturated carbocycles. The number of aryl methyl sites for hydroxylation is 1. The van der Waals surface area contributed by atoms with Crippen LogP contribution in [0.1, 0.15) is 35.2 Å². The van der Waals surface area contributed by atoms with Crippen LogP contribution in [0.15, 0.2) is 18.5 Å². The van der Waals surface area contributed by atoms with Gasteiger partial charge in [0.25, 0.3) is 5.91 Å². The van der Waals surface area contributed by atoms with E-state index in [1.807, 2.05) is 6.92 Å². The van der Waals surface area contributed by atoms with Crippen molar-refractivity contribution in [1.29, 1.82) is 0 Å². The van der Waals surface area contributed by atoms with Crippen molar-refractivity contribution >= 4 is 11.8 Å². The van der Waals surface area contributed by atoms with Gasteiger partial charge in [-0.25, -0.2) is 0 Å². The number of nitrogens with zero attached hydrogens (tertiary/aromatic N) is 2. The largest absolute Gasteiger partial charge is 0.388 e. The SMILES string of the molecule is CNC(=O)CC1(O)CCCN(C(=O)c2cncc(C)c2)C1. The number of aliphatic hydroxyl groups is 1. The van der Waals surface area contributed by atoms with Crippen molar-refractivity contribution in [3.63, 3.8) is 0 Å². The van der Waals surface area contributed by atoms with Gasteiger partial charge in [-0.2, -0.15) is 0 Å². The van der Waals surface area contributed by atoms with E-state index in [2.05, 4.69) is 10.3 Å². The summed E-state index contributed by atoms with van der Waals surface area (Å²) < 4.78 is 0. The minimum Gasteiger partial charge on any atom is -0.388 e. The fraction of sp³-hybridized carbons (Fsp3) is 0.533. The molecular weight excluding hydrogens is 270 g/mol. The van der Waals surface area contributed by atoms with Crippen LogP contribution in [-0.4, -0.2) is 52.5 Å². The van der Waals surface area contributed by atoms with Crippen LogP contribution < -0.4 is 5.32 Å². The molecule has 0 bridgehead atoms. The highest BCUT2D eigenvalue weighted by molar-refractivity contribution is 5.94. The topological polar surface area (TPSA) is 82.5 Å². The quantitative estimate of drug-likeness (QED) is 0.849. The summed E-state index contributed by atoms with van der Waals surface area (Å²) >= 11 is 0. The van der Waals surface area contributed by atoms with Crippen molar-refractivity contribution in [3.8, 4) is 0 Å². The number of hydrogen-bond acceptors (Lipinski definition) is 4. The lowest BCUT2D eigenvalue weighted by Gasteiger charge is -2.38. The zero-order chi connectivity index (χ0) is 15.5. The summed E-state index contributed by atoms with van der Waals surface area (Å²) in [7, 11) is 1.54. The molecule has 6 nitrogen and oxygen atoms in total. The summed E-state index contributed by atoms with van der Waals surface area (Å²) in [4.78, 5) is 29.6. The Kier molecular flexibility index (Phi) is 4.57. The third-order valence-corrected chi connectivity index (χ3v) is 3.73. The second-order valence-corrected chi connectivity index (χ2v) is 5.66. The highest BCUT2D eigenvalue weighted by Gasteiger charge is 2.37.